The zero-order chi connectivity index (χ0) is 18.6. The van der Waals surface area contributed by atoms with Crippen LogP contribution in [0.25, 0.3) is 0 Å². The smallest absolute Gasteiger partial charge is 0.490 e. The summed E-state index contributed by atoms with van der Waals surface area (Å²) in [6, 6.07) is 17.3. The van der Waals surface area contributed by atoms with Crippen LogP contribution in [0, 0.1) is 0 Å². The molecule has 0 N–H and O–H groups in total. The van der Waals surface area contributed by atoms with E-state index in [2.05, 4.69) is 0 Å². The standard InChI is InChI=1S/C21H26O5/c1-3-4-14-23-21(22)26-17(2)15-24-19-10-12-20(13-11-19)25-16-18-8-6-5-7-9-18/h5-13,17H,3-4,14-16H2,1-2H3. The SMILES string of the molecule is CCCCOC(=O)OC(C)COc1ccc(OCc2ccccc2)cc1. The Bertz CT molecular complexity index is 639. The lowest BCUT2D eigenvalue weighted by atomic mass is 10.2. The van der Waals surface area contributed by atoms with Crippen molar-refractivity contribution in [3.63, 3.8) is 0 Å². The molecule has 0 radical (unpaired) electrons. The fraction of sp³-hybridized carbons (Fsp3) is 0.381. The van der Waals surface area contributed by atoms with Gasteiger partial charge < -0.3 is 18.9 Å². The maximum absolute atomic E-state index is 11.5. The third-order valence-electron chi connectivity index (χ3n) is 3.57. The fourth-order valence-corrected chi connectivity index (χ4v) is 2.12. The van der Waals surface area contributed by atoms with E-state index in [1.165, 1.54) is 0 Å². The number of unbranched alkanes of at least 4 members (excludes halogenated alkanes) is 1. The van der Waals surface area contributed by atoms with E-state index in [1.807, 2.05) is 61.5 Å². The van der Waals surface area contributed by atoms with Gasteiger partial charge in [-0.2, -0.15) is 0 Å². The van der Waals surface area contributed by atoms with E-state index in [9.17, 15) is 4.79 Å². The Morgan fingerprint density at radius 1 is 0.962 bits per heavy atom. The van der Waals surface area contributed by atoms with Gasteiger partial charge in [0.2, 0.25) is 0 Å². The van der Waals surface area contributed by atoms with Gasteiger partial charge in [0.05, 0.1) is 6.61 Å². The molecular formula is C21H26O5. The molecule has 5 heteroatoms. The van der Waals surface area contributed by atoms with E-state index in [4.69, 9.17) is 18.9 Å². The molecule has 0 aliphatic rings. The summed E-state index contributed by atoms with van der Waals surface area (Å²) >= 11 is 0. The van der Waals surface area contributed by atoms with Crippen LogP contribution in [0.3, 0.4) is 0 Å². The van der Waals surface area contributed by atoms with Gasteiger partial charge in [-0.3, -0.25) is 0 Å². The van der Waals surface area contributed by atoms with Crippen molar-refractivity contribution in [1.29, 1.82) is 0 Å². The summed E-state index contributed by atoms with van der Waals surface area (Å²) in [7, 11) is 0. The Kier molecular flexibility index (Phi) is 8.33. The monoisotopic (exact) mass is 358 g/mol. The summed E-state index contributed by atoms with van der Waals surface area (Å²) in [6.07, 6.45) is 0.757. The zero-order valence-electron chi connectivity index (χ0n) is 15.4. The molecule has 0 heterocycles. The molecule has 140 valence electrons. The van der Waals surface area contributed by atoms with E-state index < -0.39 is 12.3 Å². The van der Waals surface area contributed by atoms with E-state index in [0.29, 0.717) is 19.0 Å². The van der Waals surface area contributed by atoms with Gasteiger partial charge in [-0.25, -0.2) is 4.79 Å². The van der Waals surface area contributed by atoms with Gasteiger partial charge in [-0.1, -0.05) is 43.7 Å². The minimum Gasteiger partial charge on any atom is -0.490 e. The van der Waals surface area contributed by atoms with Crippen molar-refractivity contribution < 1.29 is 23.7 Å². The number of rotatable bonds is 10. The van der Waals surface area contributed by atoms with Crippen LogP contribution in [-0.4, -0.2) is 25.5 Å². The summed E-state index contributed by atoms with van der Waals surface area (Å²) in [4.78, 5) is 11.5. The highest BCUT2D eigenvalue weighted by Gasteiger charge is 2.11. The van der Waals surface area contributed by atoms with E-state index >= 15 is 0 Å². The van der Waals surface area contributed by atoms with Crippen LogP contribution in [0.2, 0.25) is 0 Å². The van der Waals surface area contributed by atoms with Crippen molar-refractivity contribution in [2.75, 3.05) is 13.2 Å². The van der Waals surface area contributed by atoms with Crippen molar-refractivity contribution in [2.45, 2.75) is 39.4 Å². The molecular weight excluding hydrogens is 332 g/mol. The van der Waals surface area contributed by atoms with Crippen LogP contribution in [0.5, 0.6) is 11.5 Å². The zero-order valence-corrected chi connectivity index (χ0v) is 15.4. The molecule has 0 bridgehead atoms. The molecule has 1 unspecified atom stereocenters. The topological polar surface area (TPSA) is 54.0 Å². The van der Waals surface area contributed by atoms with Gasteiger partial charge >= 0.3 is 6.16 Å². The lowest BCUT2D eigenvalue weighted by molar-refractivity contribution is 0.0134. The van der Waals surface area contributed by atoms with Crippen molar-refractivity contribution in [3.05, 3.63) is 60.2 Å². The number of carbonyl (C=O) groups is 1. The molecule has 0 amide bonds. The molecule has 1 atom stereocenters. The normalized spacial score (nSPS) is 11.5. The van der Waals surface area contributed by atoms with Gasteiger partial charge in [-0.15, -0.1) is 0 Å². The van der Waals surface area contributed by atoms with Gasteiger partial charge in [0.25, 0.3) is 0 Å². The Hall–Kier alpha value is -2.69. The van der Waals surface area contributed by atoms with Gasteiger partial charge in [0.1, 0.15) is 30.8 Å². The average Bonchev–Trinajstić information content (AvgIpc) is 2.66. The largest absolute Gasteiger partial charge is 0.508 e. The summed E-state index contributed by atoms with van der Waals surface area (Å²) in [5.74, 6) is 1.46. The van der Waals surface area contributed by atoms with Crippen LogP contribution in [0.1, 0.15) is 32.3 Å². The molecule has 0 fully saturated rings. The first-order valence-electron chi connectivity index (χ1n) is 8.90. The quantitative estimate of drug-likeness (QED) is 0.442. The minimum atomic E-state index is -0.654. The Labute approximate surface area is 154 Å². The highest BCUT2D eigenvalue weighted by molar-refractivity contribution is 5.60. The first kappa shape index (κ1) is 19.6. The molecule has 0 saturated carbocycles. The van der Waals surface area contributed by atoms with E-state index in [-0.39, 0.29) is 6.61 Å². The molecule has 0 aromatic heterocycles. The highest BCUT2D eigenvalue weighted by Crippen LogP contribution is 2.19. The maximum Gasteiger partial charge on any atom is 0.508 e. The lowest BCUT2D eigenvalue weighted by Gasteiger charge is -2.14. The summed E-state index contributed by atoms with van der Waals surface area (Å²) in [6.45, 7) is 4.95. The molecule has 2 aromatic rings. The van der Waals surface area contributed by atoms with E-state index in [1.54, 1.807) is 6.92 Å². The summed E-state index contributed by atoms with van der Waals surface area (Å²) in [5, 5.41) is 0. The lowest BCUT2D eigenvalue weighted by Crippen LogP contribution is -2.22. The van der Waals surface area contributed by atoms with Gasteiger partial charge in [0, 0.05) is 0 Å². The second kappa shape index (κ2) is 11.0. The predicted octanol–water partition coefficient (Wildman–Crippen LogP) is 4.99. The second-order valence-corrected chi connectivity index (χ2v) is 5.94. The molecule has 2 rings (SSSR count). The number of ether oxygens (including phenoxy) is 4. The maximum atomic E-state index is 11.5. The number of hydrogen-bond donors (Lipinski definition) is 0. The molecule has 0 spiro atoms. The first-order chi connectivity index (χ1) is 12.7. The van der Waals surface area contributed by atoms with Crippen LogP contribution in [-0.2, 0) is 16.1 Å². The first-order valence-corrected chi connectivity index (χ1v) is 8.90. The minimum absolute atomic E-state index is 0.257. The average molecular weight is 358 g/mol. The predicted molar refractivity (Wildman–Crippen MR) is 99.5 cm³/mol. The fourth-order valence-electron chi connectivity index (χ4n) is 2.12. The number of carbonyl (C=O) groups excluding carboxylic acids is 1. The van der Waals surface area contributed by atoms with Gasteiger partial charge in [-0.05, 0) is 43.2 Å². The highest BCUT2D eigenvalue weighted by atomic mass is 16.7. The Balaban J connectivity index is 1.69. The third-order valence-corrected chi connectivity index (χ3v) is 3.57. The van der Waals surface area contributed by atoms with Crippen LogP contribution < -0.4 is 9.47 Å². The second-order valence-electron chi connectivity index (χ2n) is 5.94. The number of hydrogen-bond acceptors (Lipinski definition) is 5. The molecule has 2 aromatic carbocycles. The Morgan fingerprint density at radius 3 is 2.27 bits per heavy atom. The van der Waals surface area contributed by atoms with Gasteiger partial charge in [0.15, 0.2) is 0 Å². The molecule has 0 aliphatic heterocycles. The van der Waals surface area contributed by atoms with E-state index in [0.717, 1.165) is 24.2 Å². The Morgan fingerprint density at radius 2 is 1.62 bits per heavy atom. The van der Waals surface area contributed by atoms with Crippen molar-refractivity contribution in [3.8, 4) is 11.5 Å². The number of benzene rings is 2. The molecule has 26 heavy (non-hydrogen) atoms. The summed E-state index contributed by atoms with van der Waals surface area (Å²) in [5.41, 5.74) is 1.12. The molecule has 0 saturated heterocycles. The third kappa shape index (κ3) is 7.47. The van der Waals surface area contributed by atoms with Crippen molar-refractivity contribution in [1.82, 2.24) is 0 Å². The van der Waals surface area contributed by atoms with Crippen molar-refractivity contribution >= 4 is 6.16 Å². The van der Waals surface area contributed by atoms with Crippen LogP contribution in [0.4, 0.5) is 4.79 Å². The molecule has 5 nitrogen and oxygen atoms in total. The summed E-state index contributed by atoms with van der Waals surface area (Å²) < 4.78 is 21.4. The van der Waals surface area contributed by atoms with Crippen molar-refractivity contribution in [2.24, 2.45) is 0 Å². The van der Waals surface area contributed by atoms with Crippen LogP contribution >= 0.6 is 0 Å². The van der Waals surface area contributed by atoms with Crippen LogP contribution in [0.15, 0.2) is 54.6 Å². The molecule has 0 aliphatic carbocycles.